The number of aromatic nitrogens is 2. The number of morpholine rings is 1. The number of nitrogens with two attached hydrogens (primary N) is 1. The molecular weight excluding hydrogens is 240 g/mol. The van der Waals surface area contributed by atoms with E-state index in [9.17, 15) is 0 Å². The first kappa shape index (κ1) is 14.5. The smallest absolute Gasteiger partial charge is 0.0948 e. The van der Waals surface area contributed by atoms with Crippen molar-refractivity contribution in [2.75, 3.05) is 26.2 Å². The molecule has 5 nitrogen and oxygen atoms in total. The van der Waals surface area contributed by atoms with Crippen molar-refractivity contribution in [3.63, 3.8) is 0 Å². The van der Waals surface area contributed by atoms with E-state index in [1.54, 1.807) is 0 Å². The van der Waals surface area contributed by atoms with Crippen LogP contribution in [0.25, 0.3) is 0 Å². The summed E-state index contributed by atoms with van der Waals surface area (Å²) in [6, 6.07) is 0.234. The third kappa shape index (κ3) is 3.35. The maximum absolute atomic E-state index is 6.02. The van der Waals surface area contributed by atoms with Gasteiger partial charge in [-0.2, -0.15) is 0 Å². The molecule has 0 saturated carbocycles. The Morgan fingerprint density at radius 1 is 1.53 bits per heavy atom. The van der Waals surface area contributed by atoms with Crippen LogP contribution in [-0.2, 0) is 11.3 Å². The molecule has 1 aromatic heterocycles. The van der Waals surface area contributed by atoms with E-state index in [1.807, 2.05) is 12.5 Å². The first-order valence-electron chi connectivity index (χ1n) is 7.15. The monoisotopic (exact) mass is 266 g/mol. The van der Waals surface area contributed by atoms with Crippen LogP contribution in [-0.4, -0.2) is 46.3 Å². The zero-order valence-electron chi connectivity index (χ0n) is 12.3. The largest absolute Gasteiger partial charge is 0.373 e. The Morgan fingerprint density at radius 2 is 2.32 bits per heavy atom. The summed E-state index contributed by atoms with van der Waals surface area (Å²) in [5.74, 6) is 0. The van der Waals surface area contributed by atoms with Crippen molar-refractivity contribution < 1.29 is 4.74 Å². The van der Waals surface area contributed by atoms with E-state index < -0.39 is 0 Å². The van der Waals surface area contributed by atoms with Crippen LogP contribution >= 0.6 is 0 Å². The van der Waals surface area contributed by atoms with Crippen LogP contribution < -0.4 is 5.73 Å². The number of imidazole rings is 1. The molecule has 0 spiro atoms. The van der Waals surface area contributed by atoms with Crippen molar-refractivity contribution in [1.82, 2.24) is 14.5 Å². The van der Waals surface area contributed by atoms with Crippen molar-refractivity contribution in [3.8, 4) is 0 Å². The van der Waals surface area contributed by atoms with Gasteiger partial charge in [0.25, 0.3) is 0 Å². The first-order valence-corrected chi connectivity index (χ1v) is 7.15. The van der Waals surface area contributed by atoms with Crippen molar-refractivity contribution in [2.24, 2.45) is 5.73 Å². The maximum Gasteiger partial charge on any atom is 0.0948 e. The van der Waals surface area contributed by atoms with Gasteiger partial charge in [-0.25, -0.2) is 4.98 Å². The Bertz CT molecular complexity index is 402. The third-order valence-electron chi connectivity index (χ3n) is 3.67. The van der Waals surface area contributed by atoms with E-state index in [-0.39, 0.29) is 11.6 Å². The lowest BCUT2D eigenvalue weighted by Gasteiger charge is -2.42. The highest BCUT2D eigenvalue weighted by molar-refractivity contribution is 5.07. The minimum Gasteiger partial charge on any atom is -0.373 e. The summed E-state index contributed by atoms with van der Waals surface area (Å²) in [4.78, 5) is 6.71. The van der Waals surface area contributed by atoms with Crippen molar-refractivity contribution >= 4 is 0 Å². The highest BCUT2D eigenvalue weighted by atomic mass is 16.5. The lowest BCUT2D eigenvalue weighted by atomic mass is 10.0. The van der Waals surface area contributed by atoms with Crippen LogP contribution in [0.2, 0.25) is 0 Å². The molecule has 5 heteroatoms. The molecule has 0 bridgehead atoms. The van der Waals surface area contributed by atoms with Gasteiger partial charge < -0.3 is 15.0 Å². The van der Waals surface area contributed by atoms with Crippen molar-refractivity contribution in [3.05, 3.63) is 18.2 Å². The van der Waals surface area contributed by atoms with Crippen LogP contribution in [0.3, 0.4) is 0 Å². The molecule has 2 heterocycles. The van der Waals surface area contributed by atoms with E-state index in [0.717, 1.165) is 32.7 Å². The molecule has 108 valence electrons. The van der Waals surface area contributed by atoms with Crippen molar-refractivity contribution in [1.29, 1.82) is 0 Å². The van der Waals surface area contributed by atoms with Gasteiger partial charge >= 0.3 is 0 Å². The lowest BCUT2D eigenvalue weighted by molar-refractivity contribution is -0.0974. The highest BCUT2D eigenvalue weighted by Crippen LogP contribution is 2.26. The molecule has 2 rings (SSSR count). The van der Waals surface area contributed by atoms with Gasteiger partial charge in [0.2, 0.25) is 0 Å². The quantitative estimate of drug-likeness (QED) is 0.875. The normalized spacial score (nSPS) is 21.5. The van der Waals surface area contributed by atoms with Gasteiger partial charge in [-0.1, -0.05) is 6.92 Å². The molecule has 1 fully saturated rings. The highest BCUT2D eigenvalue weighted by Gasteiger charge is 2.32. The fourth-order valence-electron chi connectivity index (χ4n) is 2.81. The molecule has 1 aliphatic rings. The summed E-state index contributed by atoms with van der Waals surface area (Å²) >= 11 is 0. The molecule has 0 amide bonds. The van der Waals surface area contributed by atoms with Gasteiger partial charge in [-0.15, -0.1) is 0 Å². The SMILES string of the molecule is CCCn1cncc1C(CN)N1CCOC(C)(C)C1. The summed E-state index contributed by atoms with van der Waals surface area (Å²) in [6.07, 6.45) is 4.97. The molecular formula is C14H26N4O. The van der Waals surface area contributed by atoms with Crippen molar-refractivity contribution in [2.45, 2.75) is 45.4 Å². The minimum absolute atomic E-state index is 0.0960. The maximum atomic E-state index is 6.02. The molecule has 1 aliphatic heterocycles. The number of ether oxygens (including phenoxy) is 1. The van der Waals surface area contributed by atoms with E-state index in [0.29, 0.717) is 6.54 Å². The Labute approximate surface area is 115 Å². The van der Waals surface area contributed by atoms with E-state index in [1.165, 1.54) is 5.69 Å². The van der Waals surface area contributed by atoms with Gasteiger partial charge in [0.1, 0.15) is 0 Å². The summed E-state index contributed by atoms with van der Waals surface area (Å²) in [5.41, 5.74) is 7.15. The number of hydrogen-bond acceptors (Lipinski definition) is 4. The number of hydrogen-bond donors (Lipinski definition) is 1. The second kappa shape index (κ2) is 6.03. The predicted molar refractivity (Wildman–Crippen MR) is 75.9 cm³/mol. The zero-order chi connectivity index (χ0) is 13.9. The van der Waals surface area contributed by atoms with E-state index in [4.69, 9.17) is 10.5 Å². The number of aryl methyl sites for hydroxylation is 1. The fraction of sp³-hybridized carbons (Fsp3) is 0.786. The third-order valence-corrected chi connectivity index (χ3v) is 3.67. The Kier molecular flexibility index (Phi) is 4.60. The second-order valence-electron chi connectivity index (χ2n) is 5.84. The molecule has 0 aromatic carbocycles. The Balaban J connectivity index is 2.17. The van der Waals surface area contributed by atoms with Crippen LogP contribution in [0.15, 0.2) is 12.5 Å². The predicted octanol–water partition coefficient (Wildman–Crippen LogP) is 1.40. The first-order chi connectivity index (χ1) is 9.07. The molecule has 1 atom stereocenters. The Morgan fingerprint density at radius 3 is 2.95 bits per heavy atom. The van der Waals surface area contributed by atoms with E-state index >= 15 is 0 Å². The molecule has 0 aliphatic carbocycles. The van der Waals surface area contributed by atoms with Gasteiger partial charge in [-0.3, -0.25) is 4.90 Å². The zero-order valence-corrected chi connectivity index (χ0v) is 12.3. The molecule has 1 aromatic rings. The van der Waals surface area contributed by atoms with Gasteiger partial charge in [0.15, 0.2) is 0 Å². The summed E-state index contributed by atoms with van der Waals surface area (Å²) in [7, 11) is 0. The van der Waals surface area contributed by atoms with E-state index in [2.05, 4.69) is 35.2 Å². The average Bonchev–Trinajstić information content (AvgIpc) is 2.78. The van der Waals surface area contributed by atoms with Gasteiger partial charge in [-0.05, 0) is 20.3 Å². The fourth-order valence-corrected chi connectivity index (χ4v) is 2.81. The van der Waals surface area contributed by atoms with Gasteiger partial charge in [0, 0.05) is 32.4 Å². The molecule has 1 unspecified atom stereocenters. The van der Waals surface area contributed by atoms with Crippen LogP contribution in [0.5, 0.6) is 0 Å². The minimum atomic E-state index is -0.0960. The number of rotatable bonds is 5. The van der Waals surface area contributed by atoms with Crippen LogP contribution in [0.4, 0.5) is 0 Å². The molecule has 1 saturated heterocycles. The molecule has 19 heavy (non-hydrogen) atoms. The molecule has 2 N–H and O–H groups in total. The average molecular weight is 266 g/mol. The second-order valence-corrected chi connectivity index (χ2v) is 5.84. The summed E-state index contributed by atoms with van der Waals surface area (Å²) in [6.45, 7) is 10.7. The van der Waals surface area contributed by atoms with Crippen LogP contribution in [0.1, 0.15) is 38.9 Å². The van der Waals surface area contributed by atoms with Gasteiger partial charge in [0.05, 0.1) is 30.3 Å². The topological polar surface area (TPSA) is 56.3 Å². The number of nitrogens with zero attached hydrogens (tertiary/aromatic N) is 3. The standard InChI is InChI=1S/C14H26N4O/c1-4-5-18-11-16-9-13(18)12(8-15)17-6-7-19-14(2,3)10-17/h9,11-12H,4-8,10,15H2,1-3H3. The summed E-state index contributed by atoms with van der Waals surface area (Å²) in [5, 5.41) is 0. The lowest BCUT2D eigenvalue weighted by Crippen LogP contribution is -2.51. The van der Waals surface area contributed by atoms with Crippen LogP contribution in [0, 0.1) is 0 Å². The summed E-state index contributed by atoms with van der Waals surface area (Å²) < 4.78 is 8.00. The Hall–Kier alpha value is -0.910. The molecule has 0 radical (unpaired) electrons.